The van der Waals surface area contributed by atoms with Gasteiger partial charge in [-0.05, 0) is 17.7 Å². The Labute approximate surface area is 74.2 Å². The van der Waals surface area contributed by atoms with Gasteiger partial charge in [0.1, 0.15) is 5.82 Å². The van der Waals surface area contributed by atoms with Crippen LogP contribution < -0.4 is 0 Å². The monoisotopic (exact) mass is 183 g/mol. The molecule has 0 radical (unpaired) electrons. The minimum Gasteiger partial charge on any atom is -0.361 e. The first-order valence-electron chi connectivity index (χ1n) is 3.63. The number of H-pyrrole nitrogens is 1. The highest BCUT2D eigenvalue weighted by Gasteiger charge is 2.06. The summed E-state index contributed by atoms with van der Waals surface area (Å²) >= 11 is 5.63. The minimum absolute atomic E-state index is 0.218. The summed E-state index contributed by atoms with van der Waals surface area (Å²) in [7, 11) is 0. The zero-order valence-electron chi connectivity index (χ0n) is 6.27. The molecule has 0 bridgehead atoms. The molecular formula is C9H7ClFN. The topological polar surface area (TPSA) is 15.8 Å². The molecular weight excluding hydrogens is 177 g/mol. The average molecular weight is 184 g/mol. The number of nitrogens with one attached hydrogen (secondary N) is 1. The summed E-state index contributed by atoms with van der Waals surface area (Å²) < 4.78 is 13.2. The van der Waals surface area contributed by atoms with Crippen molar-refractivity contribution in [3.8, 4) is 0 Å². The molecule has 0 spiro atoms. The molecule has 0 aliphatic heterocycles. The number of hydrogen-bond acceptors (Lipinski definition) is 0. The number of alkyl halides is 1. The van der Waals surface area contributed by atoms with E-state index in [2.05, 4.69) is 4.98 Å². The van der Waals surface area contributed by atoms with Gasteiger partial charge in [0, 0.05) is 23.0 Å². The largest absolute Gasteiger partial charge is 0.361 e. The first-order valence-corrected chi connectivity index (χ1v) is 4.17. The zero-order chi connectivity index (χ0) is 8.55. The summed E-state index contributed by atoms with van der Waals surface area (Å²) in [5.74, 6) is 0.116. The Hall–Kier alpha value is -1.02. The van der Waals surface area contributed by atoms with E-state index in [-0.39, 0.29) is 5.82 Å². The van der Waals surface area contributed by atoms with Crippen LogP contribution in [0.1, 0.15) is 5.56 Å². The lowest BCUT2D eigenvalue weighted by molar-refractivity contribution is 0.639. The highest BCUT2D eigenvalue weighted by atomic mass is 35.5. The molecule has 1 aromatic heterocycles. The van der Waals surface area contributed by atoms with Gasteiger partial charge >= 0.3 is 0 Å². The van der Waals surface area contributed by atoms with Gasteiger partial charge < -0.3 is 4.98 Å². The number of rotatable bonds is 1. The summed E-state index contributed by atoms with van der Waals surface area (Å²) in [5, 5.41) is 0.604. The van der Waals surface area contributed by atoms with Crippen LogP contribution in [0.5, 0.6) is 0 Å². The van der Waals surface area contributed by atoms with Gasteiger partial charge in [0.2, 0.25) is 0 Å². The molecule has 1 aromatic carbocycles. The first kappa shape index (κ1) is 7.62. The van der Waals surface area contributed by atoms with Gasteiger partial charge in [-0.25, -0.2) is 4.39 Å². The fourth-order valence-corrected chi connectivity index (χ4v) is 1.52. The van der Waals surface area contributed by atoms with Gasteiger partial charge in [0.25, 0.3) is 0 Å². The molecule has 0 amide bonds. The van der Waals surface area contributed by atoms with Crippen molar-refractivity contribution in [1.29, 1.82) is 0 Å². The van der Waals surface area contributed by atoms with E-state index in [0.29, 0.717) is 11.3 Å². The molecule has 3 heteroatoms. The highest BCUT2D eigenvalue weighted by Crippen LogP contribution is 2.22. The predicted octanol–water partition coefficient (Wildman–Crippen LogP) is 3.05. The van der Waals surface area contributed by atoms with Crippen LogP contribution in [-0.4, -0.2) is 4.98 Å². The van der Waals surface area contributed by atoms with Crippen LogP contribution in [0.4, 0.5) is 4.39 Å². The van der Waals surface area contributed by atoms with E-state index in [4.69, 9.17) is 11.6 Å². The van der Waals surface area contributed by atoms with E-state index >= 15 is 0 Å². The Morgan fingerprint density at radius 3 is 3.00 bits per heavy atom. The molecule has 0 unspecified atom stereocenters. The molecule has 2 rings (SSSR count). The van der Waals surface area contributed by atoms with Crippen molar-refractivity contribution in [2.24, 2.45) is 0 Å². The number of halogens is 2. The Balaban J connectivity index is 2.83. The molecule has 0 atom stereocenters. The summed E-state index contributed by atoms with van der Waals surface area (Å²) in [6.45, 7) is 0. The summed E-state index contributed by atoms with van der Waals surface area (Å²) in [5.41, 5.74) is 1.61. The molecule has 0 aliphatic carbocycles. The lowest BCUT2D eigenvalue weighted by Gasteiger charge is -1.93. The molecule has 1 nitrogen and oxygen atoms in total. The second-order valence-electron chi connectivity index (χ2n) is 2.61. The van der Waals surface area contributed by atoms with Crippen molar-refractivity contribution in [1.82, 2.24) is 4.98 Å². The van der Waals surface area contributed by atoms with E-state index in [9.17, 15) is 4.39 Å². The van der Waals surface area contributed by atoms with Crippen molar-refractivity contribution in [2.75, 3.05) is 0 Å². The van der Waals surface area contributed by atoms with Crippen molar-refractivity contribution >= 4 is 22.5 Å². The average Bonchev–Trinajstić information content (AvgIpc) is 2.49. The minimum atomic E-state index is -0.218. The van der Waals surface area contributed by atoms with Crippen molar-refractivity contribution in [2.45, 2.75) is 5.88 Å². The second kappa shape index (κ2) is 2.79. The van der Waals surface area contributed by atoms with Crippen molar-refractivity contribution in [3.05, 3.63) is 35.8 Å². The second-order valence-corrected chi connectivity index (χ2v) is 2.88. The summed E-state index contributed by atoms with van der Waals surface area (Å²) in [4.78, 5) is 2.96. The van der Waals surface area contributed by atoms with E-state index in [1.165, 1.54) is 6.07 Å². The van der Waals surface area contributed by atoms with E-state index < -0.39 is 0 Å². The van der Waals surface area contributed by atoms with Crippen LogP contribution in [0.2, 0.25) is 0 Å². The van der Waals surface area contributed by atoms with Gasteiger partial charge in [-0.3, -0.25) is 0 Å². The maximum atomic E-state index is 13.2. The molecule has 2 aromatic rings. The standard InChI is InChI=1S/C9H7ClFN/c10-4-6-5-12-8-3-1-2-7(11)9(6)8/h1-3,5,12H,4H2. The number of benzene rings is 1. The quantitative estimate of drug-likeness (QED) is 0.655. The van der Waals surface area contributed by atoms with Crippen LogP contribution in [0, 0.1) is 5.82 Å². The normalized spacial score (nSPS) is 10.8. The van der Waals surface area contributed by atoms with Crippen LogP contribution >= 0.6 is 11.6 Å². The molecule has 12 heavy (non-hydrogen) atoms. The van der Waals surface area contributed by atoms with E-state index in [0.717, 1.165) is 11.1 Å². The molecule has 0 aliphatic rings. The van der Waals surface area contributed by atoms with Crippen LogP contribution in [-0.2, 0) is 5.88 Å². The number of aromatic amines is 1. The third-order valence-corrected chi connectivity index (χ3v) is 2.17. The van der Waals surface area contributed by atoms with Crippen LogP contribution in [0.3, 0.4) is 0 Å². The molecule has 62 valence electrons. The SMILES string of the molecule is Fc1cccc2[nH]cc(CCl)c12. The summed E-state index contributed by atoms with van der Waals surface area (Å²) in [6, 6.07) is 4.94. The fourth-order valence-electron chi connectivity index (χ4n) is 1.31. The molecule has 0 saturated heterocycles. The van der Waals surface area contributed by atoms with Crippen molar-refractivity contribution < 1.29 is 4.39 Å². The molecule has 0 saturated carbocycles. The Morgan fingerprint density at radius 2 is 2.25 bits per heavy atom. The fraction of sp³-hybridized carbons (Fsp3) is 0.111. The van der Waals surface area contributed by atoms with Gasteiger partial charge in [-0.2, -0.15) is 0 Å². The van der Waals surface area contributed by atoms with E-state index in [1.807, 2.05) is 6.07 Å². The maximum Gasteiger partial charge on any atom is 0.132 e. The summed E-state index contributed by atoms with van der Waals surface area (Å²) in [6.07, 6.45) is 1.74. The van der Waals surface area contributed by atoms with Gasteiger partial charge in [-0.1, -0.05) is 6.07 Å². The van der Waals surface area contributed by atoms with Crippen molar-refractivity contribution in [3.63, 3.8) is 0 Å². The number of hydrogen-bond donors (Lipinski definition) is 1. The maximum absolute atomic E-state index is 13.2. The molecule has 1 N–H and O–H groups in total. The van der Waals surface area contributed by atoms with Crippen LogP contribution in [0.25, 0.3) is 10.9 Å². The van der Waals surface area contributed by atoms with Gasteiger partial charge in [0.05, 0.1) is 0 Å². The Kier molecular flexibility index (Phi) is 1.77. The third-order valence-electron chi connectivity index (χ3n) is 1.88. The highest BCUT2D eigenvalue weighted by molar-refractivity contribution is 6.18. The number of fused-ring (bicyclic) bond motifs is 1. The molecule has 0 fully saturated rings. The molecule has 1 heterocycles. The predicted molar refractivity (Wildman–Crippen MR) is 47.8 cm³/mol. The zero-order valence-corrected chi connectivity index (χ0v) is 7.03. The van der Waals surface area contributed by atoms with Crippen LogP contribution in [0.15, 0.2) is 24.4 Å². The lowest BCUT2D eigenvalue weighted by atomic mass is 10.2. The number of aromatic nitrogens is 1. The Bertz CT molecular complexity index is 408. The lowest BCUT2D eigenvalue weighted by Crippen LogP contribution is -1.78. The van der Waals surface area contributed by atoms with E-state index in [1.54, 1.807) is 12.3 Å². The van der Waals surface area contributed by atoms with Gasteiger partial charge in [-0.15, -0.1) is 11.6 Å². The van der Waals surface area contributed by atoms with Gasteiger partial charge in [0.15, 0.2) is 0 Å². The Morgan fingerprint density at radius 1 is 1.42 bits per heavy atom. The first-order chi connectivity index (χ1) is 5.83. The third kappa shape index (κ3) is 0.994. The smallest absolute Gasteiger partial charge is 0.132 e.